The van der Waals surface area contributed by atoms with E-state index in [2.05, 4.69) is 5.32 Å². The van der Waals surface area contributed by atoms with Crippen molar-refractivity contribution in [1.82, 2.24) is 15.1 Å². The Kier molecular flexibility index (Phi) is 4.39. The van der Waals surface area contributed by atoms with Crippen LogP contribution in [0.15, 0.2) is 0 Å². The lowest BCUT2D eigenvalue weighted by atomic mass is 10.3. The van der Waals surface area contributed by atoms with Gasteiger partial charge >= 0.3 is 12.1 Å². The molecule has 0 aliphatic carbocycles. The van der Waals surface area contributed by atoms with E-state index in [1.165, 1.54) is 0 Å². The van der Waals surface area contributed by atoms with Crippen molar-refractivity contribution < 1.29 is 14.3 Å². The Morgan fingerprint density at radius 3 is 2.06 bits per heavy atom. The molecule has 1 fully saturated rings. The molecule has 3 amide bonds. The highest BCUT2D eigenvalue weighted by molar-refractivity contribution is 5.74. The Hall–Kier alpha value is -1.46. The Morgan fingerprint density at radius 2 is 1.62 bits per heavy atom. The van der Waals surface area contributed by atoms with Crippen LogP contribution >= 0.6 is 0 Å². The van der Waals surface area contributed by atoms with Crippen molar-refractivity contribution in [3.63, 3.8) is 0 Å². The van der Waals surface area contributed by atoms with Gasteiger partial charge in [0.2, 0.25) is 0 Å². The predicted molar refractivity (Wildman–Crippen MR) is 59.2 cm³/mol. The van der Waals surface area contributed by atoms with Gasteiger partial charge in [0.05, 0.1) is 6.10 Å². The summed E-state index contributed by atoms with van der Waals surface area (Å²) in [4.78, 5) is 26.1. The SMILES string of the molecule is CNC(=O)N1CCN(C(=O)OC(C)C)CC1. The van der Waals surface area contributed by atoms with Crippen molar-refractivity contribution in [2.24, 2.45) is 0 Å². The highest BCUT2D eigenvalue weighted by Crippen LogP contribution is 2.05. The maximum Gasteiger partial charge on any atom is 0.410 e. The van der Waals surface area contributed by atoms with Crippen molar-refractivity contribution in [2.75, 3.05) is 33.2 Å². The molecule has 1 aliphatic heterocycles. The fourth-order valence-electron chi connectivity index (χ4n) is 1.53. The maximum atomic E-state index is 11.5. The van der Waals surface area contributed by atoms with E-state index in [0.717, 1.165) is 0 Å². The summed E-state index contributed by atoms with van der Waals surface area (Å²) in [7, 11) is 1.60. The molecule has 0 aromatic rings. The number of ether oxygens (including phenoxy) is 1. The molecule has 1 saturated heterocycles. The Labute approximate surface area is 95.5 Å². The molecule has 92 valence electrons. The molecule has 1 aliphatic rings. The minimum Gasteiger partial charge on any atom is -0.447 e. The second-order valence-corrected chi connectivity index (χ2v) is 3.96. The first kappa shape index (κ1) is 12.6. The number of carbonyl (C=O) groups is 2. The molecule has 0 saturated carbocycles. The average Bonchev–Trinajstić information content (AvgIpc) is 2.27. The first-order valence-electron chi connectivity index (χ1n) is 5.46. The van der Waals surface area contributed by atoms with Crippen LogP contribution < -0.4 is 5.32 Å². The van der Waals surface area contributed by atoms with Gasteiger partial charge in [-0.3, -0.25) is 0 Å². The lowest BCUT2D eigenvalue weighted by Gasteiger charge is -2.34. The van der Waals surface area contributed by atoms with Crippen LogP contribution in [-0.2, 0) is 4.74 Å². The zero-order valence-electron chi connectivity index (χ0n) is 10.0. The summed E-state index contributed by atoms with van der Waals surface area (Å²) in [6.45, 7) is 5.79. The molecule has 0 bridgehead atoms. The number of carbonyl (C=O) groups excluding carboxylic acids is 2. The van der Waals surface area contributed by atoms with Gasteiger partial charge in [-0.1, -0.05) is 0 Å². The van der Waals surface area contributed by atoms with Crippen molar-refractivity contribution in [2.45, 2.75) is 20.0 Å². The molecule has 0 atom stereocenters. The molecular weight excluding hydrogens is 210 g/mol. The molecule has 6 heteroatoms. The number of nitrogens with zero attached hydrogens (tertiary/aromatic N) is 2. The number of amides is 3. The van der Waals surface area contributed by atoms with Gasteiger partial charge < -0.3 is 19.9 Å². The highest BCUT2D eigenvalue weighted by atomic mass is 16.6. The molecule has 0 unspecified atom stereocenters. The van der Waals surface area contributed by atoms with E-state index in [-0.39, 0.29) is 18.2 Å². The summed E-state index contributed by atoms with van der Waals surface area (Å²) in [5, 5.41) is 2.56. The molecule has 0 spiro atoms. The number of hydrogen-bond donors (Lipinski definition) is 1. The number of urea groups is 1. The van der Waals surface area contributed by atoms with Crippen molar-refractivity contribution in [3.8, 4) is 0 Å². The van der Waals surface area contributed by atoms with E-state index < -0.39 is 0 Å². The smallest absolute Gasteiger partial charge is 0.410 e. The zero-order valence-corrected chi connectivity index (χ0v) is 10.0. The first-order valence-corrected chi connectivity index (χ1v) is 5.46. The molecule has 0 radical (unpaired) electrons. The fourth-order valence-corrected chi connectivity index (χ4v) is 1.53. The largest absolute Gasteiger partial charge is 0.447 e. The Balaban J connectivity index is 2.37. The second kappa shape index (κ2) is 5.58. The quantitative estimate of drug-likeness (QED) is 0.711. The van der Waals surface area contributed by atoms with E-state index in [1.54, 1.807) is 16.8 Å². The maximum absolute atomic E-state index is 11.5. The summed E-state index contributed by atoms with van der Waals surface area (Å²) >= 11 is 0. The predicted octanol–water partition coefficient (Wildman–Crippen LogP) is 0.488. The number of hydrogen-bond acceptors (Lipinski definition) is 3. The third-order valence-electron chi connectivity index (χ3n) is 2.38. The van der Waals surface area contributed by atoms with Crippen LogP contribution in [0.5, 0.6) is 0 Å². The van der Waals surface area contributed by atoms with Crippen LogP contribution in [0.3, 0.4) is 0 Å². The van der Waals surface area contributed by atoms with Crippen molar-refractivity contribution in [3.05, 3.63) is 0 Å². The second-order valence-electron chi connectivity index (χ2n) is 3.96. The van der Waals surface area contributed by atoms with Crippen LogP contribution in [-0.4, -0.2) is 61.3 Å². The lowest BCUT2D eigenvalue weighted by Crippen LogP contribution is -2.52. The minimum atomic E-state index is -0.299. The molecule has 0 aromatic carbocycles. The molecule has 1 N–H and O–H groups in total. The van der Waals surface area contributed by atoms with Crippen LogP contribution in [0.4, 0.5) is 9.59 Å². The van der Waals surface area contributed by atoms with E-state index in [1.807, 2.05) is 13.8 Å². The Morgan fingerprint density at radius 1 is 1.12 bits per heavy atom. The van der Waals surface area contributed by atoms with Crippen LogP contribution in [0, 0.1) is 0 Å². The topological polar surface area (TPSA) is 61.9 Å². The molecule has 16 heavy (non-hydrogen) atoms. The monoisotopic (exact) mass is 229 g/mol. The van der Waals surface area contributed by atoms with Gasteiger partial charge in [-0.2, -0.15) is 0 Å². The molecule has 6 nitrogen and oxygen atoms in total. The fraction of sp³-hybridized carbons (Fsp3) is 0.800. The van der Waals surface area contributed by atoms with Gasteiger partial charge in [-0.25, -0.2) is 9.59 Å². The molecule has 0 aromatic heterocycles. The molecule has 1 heterocycles. The van der Waals surface area contributed by atoms with Crippen molar-refractivity contribution >= 4 is 12.1 Å². The average molecular weight is 229 g/mol. The summed E-state index contributed by atoms with van der Waals surface area (Å²) in [6, 6.07) is -0.100. The van der Waals surface area contributed by atoms with Gasteiger partial charge in [0.1, 0.15) is 0 Å². The number of nitrogens with one attached hydrogen (secondary N) is 1. The van der Waals surface area contributed by atoms with E-state index in [0.29, 0.717) is 26.2 Å². The first-order chi connectivity index (χ1) is 7.54. The molecule has 1 rings (SSSR count). The molecular formula is C10H19N3O3. The standard InChI is InChI=1S/C10H19N3O3/c1-8(2)16-10(15)13-6-4-12(5-7-13)9(14)11-3/h8H,4-7H2,1-3H3,(H,11,14). The lowest BCUT2D eigenvalue weighted by molar-refractivity contribution is 0.0617. The Bertz CT molecular complexity index is 260. The van der Waals surface area contributed by atoms with Gasteiger partial charge in [0.15, 0.2) is 0 Å². The third kappa shape index (κ3) is 3.29. The highest BCUT2D eigenvalue weighted by Gasteiger charge is 2.24. The van der Waals surface area contributed by atoms with Gasteiger partial charge in [-0.15, -0.1) is 0 Å². The van der Waals surface area contributed by atoms with Crippen molar-refractivity contribution in [1.29, 1.82) is 0 Å². The minimum absolute atomic E-state index is 0.100. The number of rotatable bonds is 1. The van der Waals surface area contributed by atoms with E-state index in [4.69, 9.17) is 4.74 Å². The van der Waals surface area contributed by atoms with Gasteiger partial charge in [-0.05, 0) is 13.8 Å². The van der Waals surface area contributed by atoms with Crippen LogP contribution in [0.25, 0.3) is 0 Å². The summed E-state index contributed by atoms with van der Waals surface area (Å²) in [5.41, 5.74) is 0. The summed E-state index contributed by atoms with van der Waals surface area (Å²) in [6.07, 6.45) is -0.406. The summed E-state index contributed by atoms with van der Waals surface area (Å²) < 4.78 is 5.08. The van der Waals surface area contributed by atoms with E-state index in [9.17, 15) is 9.59 Å². The number of piperazine rings is 1. The van der Waals surface area contributed by atoms with Crippen LogP contribution in [0.1, 0.15) is 13.8 Å². The third-order valence-corrected chi connectivity index (χ3v) is 2.38. The van der Waals surface area contributed by atoms with Crippen LogP contribution in [0.2, 0.25) is 0 Å². The zero-order chi connectivity index (χ0) is 12.1. The van der Waals surface area contributed by atoms with Gasteiger partial charge in [0.25, 0.3) is 0 Å². The van der Waals surface area contributed by atoms with E-state index >= 15 is 0 Å². The summed E-state index contributed by atoms with van der Waals surface area (Å²) in [5.74, 6) is 0. The normalized spacial score (nSPS) is 16.2. The van der Waals surface area contributed by atoms with Gasteiger partial charge in [0, 0.05) is 33.2 Å².